The molecule has 1 aromatic rings. The molecular formula is C9H11N3O2S. The van der Waals surface area contributed by atoms with Crippen molar-refractivity contribution >= 4 is 9.73 Å². The predicted molar refractivity (Wildman–Crippen MR) is 56.6 cm³/mol. The molecule has 0 spiro atoms. The van der Waals surface area contributed by atoms with Crippen molar-refractivity contribution in [3.63, 3.8) is 0 Å². The van der Waals surface area contributed by atoms with Crippen LogP contribution >= 0.6 is 0 Å². The number of nitriles is 1. The van der Waals surface area contributed by atoms with E-state index in [0.29, 0.717) is 5.88 Å². The number of ether oxygens (including phenoxy) is 1. The maximum absolute atomic E-state index is 11.7. The fraction of sp³-hybridized carbons (Fsp3) is 0.333. The van der Waals surface area contributed by atoms with Crippen LogP contribution in [0.25, 0.3) is 0 Å². The molecule has 0 aliphatic rings. The van der Waals surface area contributed by atoms with Crippen molar-refractivity contribution in [2.45, 2.75) is 5.75 Å². The van der Waals surface area contributed by atoms with Crippen LogP contribution in [0.15, 0.2) is 22.7 Å². The van der Waals surface area contributed by atoms with Crippen molar-refractivity contribution in [3.8, 4) is 12.1 Å². The first-order chi connectivity index (χ1) is 7.07. The average molecular weight is 225 g/mol. The Hall–Kier alpha value is -1.61. The first-order valence-corrected chi connectivity index (χ1v) is 6.23. The molecule has 0 bridgehead atoms. The quantitative estimate of drug-likeness (QED) is 0.723. The molecule has 0 aliphatic heterocycles. The highest BCUT2D eigenvalue weighted by atomic mass is 32.2. The third kappa shape index (κ3) is 3.56. The molecule has 1 rings (SSSR count). The third-order valence-electron chi connectivity index (χ3n) is 1.68. The van der Waals surface area contributed by atoms with Gasteiger partial charge < -0.3 is 4.74 Å². The van der Waals surface area contributed by atoms with Crippen LogP contribution in [0.3, 0.4) is 0 Å². The summed E-state index contributed by atoms with van der Waals surface area (Å²) in [5.41, 5.74) is 0.766. The lowest BCUT2D eigenvalue weighted by atomic mass is 10.3. The predicted octanol–water partition coefficient (Wildman–Crippen LogP) is 1.17. The van der Waals surface area contributed by atoms with Crippen LogP contribution in [0.2, 0.25) is 0 Å². The monoisotopic (exact) mass is 225 g/mol. The van der Waals surface area contributed by atoms with Crippen molar-refractivity contribution in [1.82, 2.24) is 4.98 Å². The highest BCUT2D eigenvalue weighted by molar-refractivity contribution is 7.92. The largest absolute Gasteiger partial charge is 0.481 e. The van der Waals surface area contributed by atoms with E-state index in [9.17, 15) is 4.21 Å². The molecule has 6 heteroatoms. The summed E-state index contributed by atoms with van der Waals surface area (Å²) in [4.78, 5) is 3.97. The first-order valence-electron chi connectivity index (χ1n) is 4.14. The molecule has 0 saturated carbocycles. The number of hydrogen-bond acceptors (Lipinski definition) is 5. The molecule has 1 atom stereocenters. The summed E-state index contributed by atoms with van der Waals surface area (Å²) in [6.07, 6.45) is 4.56. The van der Waals surface area contributed by atoms with Crippen LogP contribution < -0.4 is 4.74 Å². The zero-order chi connectivity index (χ0) is 11.3. The van der Waals surface area contributed by atoms with Crippen molar-refractivity contribution < 1.29 is 8.95 Å². The lowest BCUT2D eigenvalue weighted by Crippen LogP contribution is -2.01. The first kappa shape index (κ1) is 11.5. The van der Waals surface area contributed by atoms with Gasteiger partial charge >= 0.3 is 0 Å². The van der Waals surface area contributed by atoms with Gasteiger partial charge in [0.15, 0.2) is 0 Å². The minimum Gasteiger partial charge on any atom is -0.481 e. The molecule has 1 aromatic heterocycles. The summed E-state index contributed by atoms with van der Waals surface area (Å²) in [5.74, 6) is 0.718. The number of rotatable bonds is 3. The number of nitrogens with zero attached hydrogens (tertiary/aromatic N) is 3. The summed E-state index contributed by atoms with van der Waals surface area (Å²) in [5, 5.41) is 8.33. The second-order valence-corrected chi connectivity index (χ2v) is 5.39. The molecule has 0 aromatic carbocycles. The van der Waals surface area contributed by atoms with Crippen LogP contribution in [-0.4, -0.2) is 22.6 Å². The lowest BCUT2D eigenvalue weighted by molar-refractivity contribution is 0.397. The Balaban J connectivity index is 2.88. The number of aromatic nitrogens is 1. The van der Waals surface area contributed by atoms with E-state index in [4.69, 9.17) is 10.00 Å². The van der Waals surface area contributed by atoms with Crippen molar-refractivity contribution in [3.05, 3.63) is 23.9 Å². The fourth-order valence-electron chi connectivity index (χ4n) is 1.04. The highest BCUT2D eigenvalue weighted by Crippen LogP contribution is 2.10. The van der Waals surface area contributed by atoms with E-state index >= 15 is 0 Å². The van der Waals surface area contributed by atoms with E-state index in [2.05, 4.69) is 9.35 Å². The molecule has 80 valence electrons. The minimum atomic E-state index is -2.47. The van der Waals surface area contributed by atoms with Gasteiger partial charge in [-0.05, 0) is 5.56 Å². The highest BCUT2D eigenvalue weighted by Gasteiger charge is 2.04. The summed E-state index contributed by atoms with van der Waals surface area (Å²) in [6, 6.07) is 3.43. The van der Waals surface area contributed by atoms with Crippen LogP contribution in [-0.2, 0) is 15.5 Å². The molecule has 0 aliphatic carbocycles. The maximum Gasteiger partial charge on any atom is 0.214 e. The summed E-state index contributed by atoms with van der Waals surface area (Å²) in [6.45, 7) is 0. The standard InChI is InChI=1S/C9H11N3O2S/c1-14-9-4-3-8(5-11-9)6-15(2,13)12-7-10/h3-5H,6H2,1-2H3. The third-order valence-corrected chi connectivity index (χ3v) is 3.01. The zero-order valence-electron chi connectivity index (χ0n) is 8.51. The van der Waals surface area contributed by atoms with Gasteiger partial charge in [0.2, 0.25) is 12.1 Å². The van der Waals surface area contributed by atoms with Gasteiger partial charge in [0, 0.05) is 18.5 Å². The van der Waals surface area contributed by atoms with Gasteiger partial charge in [-0.25, -0.2) is 9.19 Å². The van der Waals surface area contributed by atoms with E-state index in [-0.39, 0.29) is 5.75 Å². The van der Waals surface area contributed by atoms with E-state index in [1.807, 2.05) is 0 Å². The summed E-state index contributed by atoms with van der Waals surface area (Å²) >= 11 is 0. The van der Waals surface area contributed by atoms with Gasteiger partial charge in [-0.15, -0.1) is 4.36 Å². The molecule has 5 nitrogen and oxygen atoms in total. The van der Waals surface area contributed by atoms with Crippen LogP contribution in [0.5, 0.6) is 5.88 Å². The molecule has 0 amide bonds. The molecule has 0 fully saturated rings. The smallest absolute Gasteiger partial charge is 0.214 e. The van der Waals surface area contributed by atoms with E-state index < -0.39 is 9.73 Å². The number of pyridine rings is 1. The molecule has 1 unspecified atom stereocenters. The minimum absolute atomic E-state index is 0.220. The molecule has 1 heterocycles. The van der Waals surface area contributed by atoms with Crippen molar-refractivity contribution in [2.24, 2.45) is 4.36 Å². The van der Waals surface area contributed by atoms with E-state index in [0.717, 1.165) is 5.56 Å². The molecule has 0 N–H and O–H groups in total. The van der Waals surface area contributed by atoms with Gasteiger partial charge in [-0.2, -0.15) is 5.26 Å². The second kappa shape index (κ2) is 4.75. The van der Waals surface area contributed by atoms with Gasteiger partial charge in [-0.3, -0.25) is 0 Å². The fourth-order valence-corrected chi connectivity index (χ4v) is 2.07. The van der Waals surface area contributed by atoms with Gasteiger partial charge in [-0.1, -0.05) is 6.07 Å². The van der Waals surface area contributed by atoms with E-state index in [1.54, 1.807) is 24.5 Å². The normalized spacial score (nSPS) is 13.7. The zero-order valence-corrected chi connectivity index (χ0v) is 9.32. The Morgan fingerprint density at radius 3 is 2.87 bits per heavy atom. The lowest BCUT2D eigenvalue weighted by Gasteiger charge is -2.02. The second-order valence-electron chi connectivity index (χ2n) is 3.00. The summed E-state index contributed by atoms with van der Waals surface area (Å²) < 4.78 is 19.9. The Kier molecular flexibility index (Phi) is 3.63. The van der Waals surface area contributed by atoms with Crippen LogP contribution in [0, 0.1) is 11.5 Å². The van der Waals surface area contributed by atoms with E-state index in [1.165, 1.54) is 13.4 Å². The molecular weight excluding hydrogens is 214 g/mol. The average Bonchev–Trinajstić information content (AvgIpc) is 2.18. The maximum atomic E-state index is 11.7. The van der Waals surface area contributed by atoms with Crippen LogP contribution in [0.4, 0.5) is 0 Å². The van der Waals surface area contributed by atoms with Gasteiger partial charge in [0.1, 0.15) is 0 Å². The Bertz CT molecular complexity index is 481. The molecule has 0 radical (unpaired) electrons. The Labute approximate surface area is 88.9 Å². The van der Waals surface area contributed by atoms with Gasteiger partial charge in [0.25, 0.3) is 0 Å². The van der Waals surface area contributed by atoms with Gasteiger partial charge in [0.05, 0.1) is 22.6 Å². The SMILES string of the molecule is COc1ccc(CS(C)(=O)=NC#N)cn1. The summed E-state index contributed by atoms with van der Waals surface area (Å²) in [7, 11) is -0.947. The van der Waals surface area contributed by atoms with Crippen LogP contribution in [0.1, 0.15) is 5.56 Å². The Morgan fingerprint density at radius 1 is 1.67 bits per heavy atom. The Morgan fingerprint density at radius 2 is 2.40 bits per heavy atom. The molecule has 0 saturated heterocycles. The van der Waals surface area contributed by atoms with Crippen molar-refractivity contribution in [1.29, 1.82) is 5.26 Å². The number of methoxy groups -OCH3 is 1. The topological polar surface area (TPSA) is 75.3 Å². The van der Waals surface area contributed by atoms with Crippen molar-refractivity contribution in [2.75, 3.05) is 13.4 Å². The number of hydrogen-bond donors (Lipinski definition) is 0. The molecule has 15 heavy (non-hydrogen) atoms.